The van der Waals surface area contributed by atoms with Gasteiger partial charge in [-0.25, -0.2) is 4.98 Å². The van der Waals surface area contributed by atoms with E-state index in [4.69, 9.17) is 12.2 Å². The molecule has 1 heterocycles. The van der Waals surface area contributed by atoms with Gasteiger partial charge in [-0.1, -0.05) is 48.0 Å². The number of nitrogens with one attached hydrogen (secondary N) is 2. The number of thiocarbonyl (C=S) groups is 1. The summed E-state index contributed by atoms with van der Waals surface area (Å²) in [5.74, 6) is 0. The number of halogens is 3. The molecule has 1 aromatic heterocycles. The molecule has 0 amide bonds. The summed E-state index contributed by atoms with van der Waals surface area (Å²) in [7, 11) is 0. The number of aromatic nitrogens is 1. The molecule has 0 saturated heterocycles. The molecule has 0 aliphatic carbocycles. The zero-order chi connectivity index (χ0) is 19.4. The van der Waals surface area contributed by atoms with Gasteiger partial charge in [-0.05, 0) is 31.3 Å². The molecule has 27 heavy (non-hydrogen) atoms. The Morgan fingerprint density at radius 3 is 2.37 bits per heavy atom. The van der Waals surface area contributed by atoms with Crippen LogP contribution < -0.4 is 10.6 Å². The highest BCUT2D eigenvalue weighted by Gasteiger charge is 2.37. The lowest BCUT2D eigenvalue weighted by Crippen LogP contribution is -2.28. The summed E-state index contributed by atoms with van der Waals surface area (Å²) in [4.78, 5) is 3.93. The zero-order valence-corrected chi connectivity index (χ0v) is 15.9. The standard InChI is InChI=1S/C19H16F3N3S2/c1-12-7-9-13(10-8-12)17-25-16(19(20,21)22)15(27-17)11-23-18(26)24-14-5-3-2-4-6-14/h2-10H,11H2,1H3,(H2,23,24,26). The van der Waals surface area contributed by atoms with E-state index < -0.39 is 11.9 Å². The summed E-state index contributed by atoms with van der Waals surface area (Å²) < 4.78 is 40.1. The Bertz CT molecular complexity index is 920. The minimum atomic E-state index is -4.52. The van der Waals surface area contributed by atoms with E-state index in [1.165, 1.54) is 0 Å². The van der Waals surface area contributed by atoms with Crippen molar-refractivity contribution in [2.45, 2.75) is 19.6 Å². The van der Waals surface area contributed by atoms with Gasteiger partial charge < -0.3 is 10.6 Å². The predicted molar refractivity (Wildman–Crippen MR) is 107 cm³/mol. The molecule has 0 saturated carbocycles. The number of rotatable bonds is 4. The average Bonchev–Trinajstić information content (AvgIpc) is 3.06. The molecule has 0 fully saturated rings. The fourth-order valence-electron chi connectivity index (χ4n) is 2.37. The number of aryl methyl sites for hydroxylation is 1. The number of alkyl halides is 3. The van der Waals surface area contributed by atoms with E-state index in [1.54, 1.807) is 12.1 Å². The van der Waals surface area contributed by atoms with Crippen molar-refractivity contribution in [1.29, 1.82) is 0 Å². The summed E-state index contributed by atoms with van der Waals surface area (Å²) in [6, 6.07) is 16.4. The van der Waals surface area contributed by atoms with Gasteiger partial charge in [-0.3, -0.25) is 0 Å². The van der Waals surface area contributed by atoms with Crippen LogP contribution >= 0.6 is 23.6 Å². The summed E-state index contributed by atoms with van der Waals surface area (Å²) in [5.41, 5.74) is 1.58. The number of thiazole rings is 1. The fraction of sp³-hybridized carbons (Fsp3) is 0.158. The Hall–Kier alpha value is -2.45. The van der Waals surface area contributed by atoms with Gasteiger partial charge in [0.2, 0.25) is 0 Å². The Morgan fingerprint density at radius 1 is 1.07 bits per heavy atom. The molecule has 0 atom stereocenters. The maximum Gasteiger partial charge on any atom is 0.434 e. The van der Waals surface area contributed by atoms with Gasteiger partial charge in [0, 0.05) is 11.3 Å². The minimum absolute atomic E-state index is 0.0585. The van der Waals surface area contributed by atoms with Gasteiger partial charge in [0.1, 0.15) is 5.01 Å². The fourth-order valence-corrected chi connectivity index (χ4v) is 3.59. The van der Waals surface area contributed by atoms with Gasteiger partial charge >= 0.3 is 6.18 Å². The molecule has 2 aromatic carbocycles. The number of nitrogens with zero attached hydrogens (tertiary/aromatic N) is 1. The van der Waals surface area contributed by atoms with Crippen LogP contribution in [0.2, 0.25) is 0 Å². The van der Waals surface area contributed by atoms with E-state index in [9.17, 15) is 13.2 Å². The Kier molecular flexibility index (Phi) is 5.76. The topological polar surface area (TPSA) is 37.0 Å². The molecule has 0 unspecified atom stereocenters. The molecule has 3 rings (SSSR count). The van der Waals surface area contributed by atoms with Crippen molar-refractivity contribution in [3.8, 4) is 10.6 Å². The van der Waals surface area contributed by atoms with Crippen molar-refractivity contribution < 1.29 is 13.2 Å². The third-order valence-electron chi connectivity index (χ3n) is 3.71. The van der Waals surface area contributed by atoms with Gasteiger partial charge in [0.25, 0.3) is 0 Å². The number of hydrogen-bond acceptors (Lipinski definition) is 3. The van der Waals surface area contributed by atoms with Crippen LogP contribution in [-0.4, -0.2) is 10.1 Å². The van der Waals surface area contributed by atoms with Crippen LogP contribution in [0.5, 0.6) is 0 Å². The maximum atomic E-state index is 13.4. The summed E-state index contributed by atoms with van der Waals surface area (Å²) in [6.07, 6.45) is -4.52. The molecule has 2 N–H and O–H groups in total. The van der Waals surface area contributed by atoms with E-state index in [-0.39, 0.29) is 16.5 Å². The Balaban J connectivity index is 1.77. The molecule has 3 nitrogen and oxygen atoms in total. The molecule has 3 aromatic rings. The molecule has 8 heteroatoms. The Morgan fingerprint density at radius 2 is 1.74 bits per heavy atom. The van der Waals surface area contributed by atoms with E-state index in [1.807, 2.05) is 49.4 Å². The van der Waals surface area contributed by atoms with Gasteiger partial charge in [0.05, 0.1) is 11.4 Å². The van der Waals surface area contributed by atoms with E-state index in [0.29, 0.717) is 10.6 Å². The van der Waals surface area contributed by atoms with Crippen molar-refractivity contribution in [2.75, 3.05) is 5.32 Å². The van der Waals surface area contributed by atoms with Crippen molar-refractivity contribution in [3.63, 3.8) is 0 Å². The monoisotopic (exact) mass is 407 g/mol. The number of para-hydroxylation sites is 1. The average molecular weight is 407 g/mol. The van der Waals surface area contributed by atoms with Crippen LogP contribution in [0.15, 0.2) is 54.6 Å². The van der Waals surface area contributed by atoms with Crippen LogP contribution in [0.25, 0.3) is 10.6 Å². The van der Waals surface area contributed by atoms with Crippen LogP contribution in [0.4, 0.5) is 18.9 Å². The number of hydrogen-bond donors (Lipinski definition) is 2. The molecule has 0 radical (unpaired) electrons. The molecule has 0 aliphatic heterocycles. The second-order valence-electron chi connectivity index (χ2n) is 5.83. The van der Waals surface area contributed by atoms with Gasteiger partial charge in [-0.15, -0.1) is 11.3 Å². The first-order valence-corrected chi connectivity index (χ1v) is 9.29. The van der Waals surface area contributed by atoms with E-state index in [2.05, 4.69) is 15.6 Å². The molecule has 140 valence electrons. The SMILES string of the molecule is Cc1ccc(-c2nc(C(F)(F)F)c(CNC(=S)Nc3ccccc3)s2)cc1. The van der Waals surface area contributed by atoms with E-state index >= 15 is 0 Å². The van der Waals surface area contributed by atoms with Crippen LogP contribution in [0.1, 0.15) is 16.1 Å². The highest BCUT2D eigenvalue weighted by molar-refractivity contribution is 7.80. The highest BCUT2D eigenvalue weighted by Crippen LogP contribution is 2.37. The number of anilines is 1. The largest absolute Gasteiger partial charge is 0.434 e. The van der Waals surface area contributed by atoms with Crippen molar-refractivity contribution in [1.82, 2.24) is 10.3 Å². The van der Waals surface area contributed by atoms with Crippen LogP contribution in [0.3, 0.4) is 0 Å². The predicted octanol–water partition coefficient (Wildman–Crippen LogP) is 5.62. The lowest BCUT2D eigenvalue weighted by Gasteiger charge is -2.11. The summed E-state index contributed by atoms with van der Waals surface area (Å²) in [5, 5.41) is 6.35. The molecule has 0 spiro atoms. The molecular weight excluding hydrogens is 391 g/mol. The van der Waals surface area contributed by atoms with Crippen LogP contribution in [-0.2, 0) is 12.7 Å². The lowest BCUT2D eigenvalue weighted by atomic mass is 10.2. The number of benzene rings is 2. The summed E-state index contributed by atoms with van der Waals surface area (Å²) in [6.45, 7) is 1.86. The minimum Gasteiger partial charge on any atom is -0.357 e. The van der Waals surface area contributed by atoms with E-state index in [0.717, 1.165) is 22.6 Å². The zero-order valence-electron chi connectivity index (χ0n) is 14.3. The quantitative estimate of drug-likeness (QED) is 0.550. The van der Waals surface area contributed by atoms with Crippen molar-refractivity contribution in [2.24, 2.45) is 0 Å². The second-order valence-corrected chi connectivity index (χ2v) is 7.32. The normalized spacial score (nSPS) is 11.3. The smallest absolute Gasteiger partial charge is 0.357 e. The van der Waals surface area contributed by atoms with Crippen molar-refractivity contribution in [3.05, 3.63) is 70.7 Å². The first kappa shape index (κ1) is 19.3. The van der Waals surface area contributed by atoms with Gasteiger partial charge in [-0.2, -0.15) is 13.2 Å². The van der Waals surface area contributed by atoms with Gasteiger partial charge in [0.15, 0.2) is 10.8 Å². The molecule has 0 aliphatic rings. The second kappa shape index (κ2) is 8.06. The summed E-state index contributed by atoms with van der Waals surface area (Å²) >= 11 is 6.18. The highest BCUT2D eigenvalue weighted by atomic mass is 32.1. The third kappa shape index (κ3) is 5.05. The third-order valence-corrected chi connectivity index (χ3v) is 5.06. The molecule has 0 bridgehead atoms. The first-order chi connectivity index (χ1) is 12.8. The van der Waals surface area contributed by atoms with Crippen LogP contribution in [0, 0.1) is 6.92 Å². The van der Waals surface area contributed by atoms with Crippen molar-refractivity contribution >= 4 is 34.4 Å². The molecular formula is C19H16F3N3S2. The maximum absolute atomic E-state index is 13.4. The first-order valence-electron chi connectivity index (χ1n) is 8.07. The lowest BCUT2D eigenvalue weighted by molar-refractivity contribution is -0.141. The Labute approximate surface area is 164 Å².